The fourth-order valence-corrected chi connectivity index (χ4v) is 2.67. The Kier molecular flexibility index (Phi) is 8.01. The summed E-state index contributed by atoms with van der Waals surface area (Å²) in [5.74, 6) is -0.483. The zero-order valence-electron chi connectivity index (χ0n) is 17.6. The Hall–Kier alpha value is -3.10. The maximum Gasteiger partial charge on any atom is 0.417 e. The van der Waals surface area contributed by atoms with Crippen molar-refractivity contribution >= 4 is 12.0 Å². The van der Waals surface area contributed by atoms with Gasteiger partial charge in [-0.15, -0.1) is 0 Å². The smallest absolute Gasteiger partial charge is 0.417 e. The van der Waals surface area contributed by atoms with Crippen LogP contribution in [0.25, 0.3) is 0 Å². The summed E-state index contributed by atoms with van der Waals surface area (Å²) in [7, 11) is 0. The molecule has 2 N–H and O–H groups in total. The lowest BCUT2D eigenvalue weighted by atomic mass is 10.0. The molecule has 1 atom stereocenters. The van der Waals surface area contributed by atoms with Gasteiger partial charge in [-0.05, 0) is 51.3 Å². The second-order valence-corrected chi connectivity index (χ2v) is 7.98. The molecular weight excluding hydrogens is 411 g/mol. The van der Waals surface area contributed by atoms with Crippen LogP contribution in [0.5, 0.6) is 0 Å². The van der Waals surface area contributed by atoms with Crippen LogP contribution in [0.3, 0.4) is 0 Å². The van der Waals surface area contributed by atoms with Crippen molar-refractivity contribution in [2.75, 3.05) is 0 Å². The molecule has 0 fully saturated rings. The molecule has 0 radical (unpaired) electrons. The van der Waals surface area contributed by atoms with E-state index in [1.54, 1.807) is 20.8 Å². The largest absolute Gasteiger partial charge is 0.444 e. The molecule has 6 nitrogen and oxygen atoms in total. The lowest BCUT2D eigenvalue weighted by Gasteiger charge is -2.23. The summed E-state index contributed by atoms with van der Waals surface area (Å²) in [6.45, 7) is 5.06. The normalized spacial score (nSPS) is 12.7. The van der Waals surface area contributed by atoms with Crippen molar-refractivity contribution in [3.8, 4) is 0 Å². The molecule has 0 aliphatic carbocycles. The van der Waals surface area contributed by atoms with Gasteiger partial charge in [0.05, 0.1) is 17.8 Å². The number of nitrogens with one attached hydrogen (secondary N) is 2. The van der Waals surface area contributed by atoms with E-state index in [2.05, 4.69) is 15.6 Å². The highest BCUT2D eigenvalue weighted by atomic mass is 19.4. The van der Waals surface area contributed by atoms with Crippen LogP contribution in [0.1, 0.15) is 44.0 Å². The maximum absolute atomic E-state index is 12.7. The number of aromatic nitrogens is 1. The van der Waals surface area contributed by atoms with Crippen LogP contribution in [-0.2, 0) is 28.7 Å². The maximum atomic E-state index is 12.7. The van der Waals surface area contributed by atoms with Crippen molar-refractivity contribution in [2.45, 2.75) is 58.0 Å². The topological polar surface area (TPSA) is 80.3 Å². The van der Waals surface area contributed by atoms with Gasteiger partial charge in [-0.2, -0.15) is 13.2 Å². The van der Waals surface area contributed by atoms with Crippen molar-refractivity contribution in [1.82, 2.24) is 15.6 Å². The van der Waals surface area contributed by atoms with Crippen molar-refractivity contribution in [2.24, 2.45) is 0 Å². The number of alkyl carbamates (subject to hydrolysis) is 1. The molecule has 1 aromatic carbocycles. The summed E-state index contributed by atoms with van der Waals surface area (Å²) in [5, 5.41) is 5.18. The summed E-state index contributed by atoms with van der Waals surface area (Å²) in [4.78, 5) is 28.6. The first-order chi connectivity index (χ1) is 14.4. The monoisotopic (exact) mass is 437 g/mol. The SMILES string of the molecule is CC(C)(C)OC(=O)N[C@H](CCc1ccccc1)C(=O)NCc1ccc(C(F)(F)F)cn1. The fraction of sp³-hybridized carbons (Fsp3) is 0.409. The summed E-state index contributed by atoms with van der Waals surface area (Å²) in [6.07, 6.45) is -3.64. The third-order valence-corrected chi connectivity index (χ3v) is 4.17. The number of hydrogen-bond acceptors (Lipinski definition) is 4. The zero-order chi connectivity index (χ0) is 23.1. The predicted octanol–water partition coefficient (Wildman–Crippen LogP) is 4.24. The van der Waals surface area contributed by atoms with Gasteiger partial charge >= 0.3 is 12.3 Å². The molecule has 31 heavy (non-hydrogen) atoms. The van der Waals surface area contributed by atoms with E-state index in [0.29, 0.717) is 19.0 Å². The van der Waals surface area contributed by atoms with E-state index < -0.39 is 35.4 Å². The fourth-order valence-electron chi connectivity index (χ4n) is 2.67. The Morgan fingerprint density at radius 1 is 1.06 bits per heavy atom. The molecule has 168 valence electrons. The number of halogens is 3. The summed E-state index contributed by atoms with van der Waals surface area (Å²) in [6, 6.07) is 10.7. The quantitative estimate of drug-likeness (QED) is 0.679. The minimum atomic E-state index is -4.48. The lowest BCUT2D eigenvalue weighted by Crippen LogP contribution is -2.48. The van der Waals surface area contributed by atoms with E-state index >= 15 is 0 Å². The number of benzene rings is 1. The van der Waals surface area contributed by atoms with Crippen molar-refractivity contribution in [3.05, 3.63) is 65.5 Å². The Morgan fingerprint density at radius 3 is 2.29 bits per heavy atom. The van der Waals surface area contributed by atoms with E-state index in [-0.39, 0.29) is 12.2 Å². The van der Waals surface area contributed by atoms with Crippen molar-refractivity contribution in [1.29, 1.82) is 0 Å². The Bertz CT molecular complexity index is 864. The molecule has 9 heteroatoms. The number of carbonyl (C=O) groups is 2. The Labute approximate surface area is 179 Å². The second kappa shape index (κ2) is 10.3. The first-order valence-electron chi connectivity index (χ1n) is 9.77. The first-order valence-corrected chi connectivity index (χ1v) is 9.77. The minimum absolute atomic E-state index is 0.0746. The standard InChI is InChI=1S/C22H26F3N3O3/c1-21(2,3)31-20(30)28-18(12-9-15-7-5-4-6-8-15)19(29)27-14-17-11-10-16(13-26-17)22(23,24)25/h4-8,10-11,13,18H,9,12,14H2,1-3H3,(H,27,29)(H,28,30)/t18-/m1/s1. The van der Waals surface area contributed by atoms with Gasteiger partial charge in [0.15, 0.2) is 0 Å². The van der Waals surface area contributed by atoms with E-state index in [1.807, 2.05) is 30.3 Å². The Balaban J connectivity index is 2.01. The number of ether oxygens (including phenoxy) is 1. The zero-order valence-corrected chi connectivity index (χ0v) is 17.6. The van der Waals surface area contributed by atoms with Gasteiger partial charge in [-0.1, -0.05) is 30.3 Å². The summed E-state index contributed by atoms with van der Waals surface area (Å²) < 4.78 is 43.2. The van der Waals surface area contributed by atoms with Gasteiger partial charge in [0, 0.05) is 6.20 Å². The summed E-state index contributed by atoms with van der Waals surface area (Å²) >= 11 is 0. The molecule has 2 rings (SSSR count). The number of carbonyl (C=O) groups excluding carboxylic acids is 2. The average Bonchev–Trinajstić information content (AvgIpc) is 2.68. The highest BCUT2D eigenvalue weighted by Gasteiger charge is 2.30. The van der Waals surface area contributed by atoms with Gasteiger partial charge in [0.25, 0.3) is 0 Å². The lowest BCUT2D eigenvalue weighted by molar-refractivity contribution is -0.137. The molecule has 0 aliphatic rings. The first kappa shape index (κ1) is 24.2. The van der Waals surface area contributed by atoms with E-state index in [0.717, 1.165) is 11.6 Å². The van der Waals surface area contributed by atoms with Crippen LogP contribution >= 0.6 is 0 Å². The van der Waals surface area contributed by atoms with Gasteiger partial charge in [0.2, 0.25) is 5.91 Å². The number of hydrogen-bond donors (Lipinski definition) is 2. The van der Waals surface area contributed by atoms with Crippen LogP contribution < -0.4 is 10.6 Å². The molecule has 0 bridgehead atoms. The Morgan fingerprint density at radius 2 is 1.74 bits per heavy atom. The number of nitrogens with zero attached hydrogens (tertiary/aromatic N) is 1. The predicted molar refractivity (Wildman–Crippen MR) is 109 cm³/mol. The average molecular weight is 437 g/mol. The van der Waals surface area contributed by atoms with Crippen LogP contribution in [0.4, 0.5) is 18.0 Å². The van der Waals surface area contributed by atoms with Crippen molar-refractivity contribution in [3.63, 3.8) is 0 Å². The van der Waals surface area contributed by atoms with Crippen LogP contribution in [-0.4, -0.2) is 28.6 Å². The third-order valence-electron chi connectivity index (χ3n) is 4.17. The number of alkyl halides is 3. The van der Waals surface area contributed by atoms with E-state index in [4.69, 9.17) is 4.74 Å². The van der Waals surface area contributed by atoms with Crippen LogP contribution in [0, 0.1) is 0 Å². The van der Waals surface area contributed by atoms with E-state index in [9.17, 15) is 22.8 Å². The van der Waals surface area contributed by atoms with Gasteiger partial charge in [-0.25, -0.2) is 4.79 Å². The number of aryl methyl sites for hydroxylation is 1. The molecule has 0 saturated carbocycles. The molecule has 0 unspecified atom stereocenters. The molecule has 2 aromatic rings. The molecule has 1 heterocycles. The van der Waals surface area contributed by atoms with Crippen molar-refractivity contribution < 1.29 is 27.5 Å². The number of rotatable bonds is 7. The highest BCUT2D eigenvalue weighted by Crippen LogP contribution is 2.28. The molecule has 0 saturated heterocycles. The molecule has 0 aliphatic heterocycles. The number of amides is 2. The second-order valence-electron chi connectivity index (χ2n) is 7.98. The van der Waals surface area contributed by atoms with Gasteiger partial charge in [0.1, 0.15) is 11.6 Å². The van der Waals surface area contributed by atoms with Crippen LogP contribution in [0.15, 0.2) is 48.7 Å². The molecule has 2 amide bonds. The molecule has 0 spiro atoms. The highest BCUT2D eigenvalue weighted by molar-refractivity contribution is 5.85. The molecule has 1 aromatic heterocycles. The number of pyridine rings is 1. The summed E-state index contributed by atoms with van der Waals surface area (Å²) in [5.41, 5.74) is -0.333. The van der Waals surface area contributed by atoms with Crippen LogP contribution in [0.2, 0.25) is 0 Å². The van der Waals surface area contributed by atoms with Gasteiger partial charge < -0.3 is 15.4 Å². The van der Waals surface area contributed by atoms with Gasteiger partial charge in [-0.3, -0.25) is 9.78 Å². The van der Waals surface area contributed by atoms with E-state index in [1.165, 1.54) is 6.07 Å². The third kappa shape index (κ3) is 8.65. The molecular formula is C22H26F3N3O3. The minimum Gasteiger partial charge on any atom is -0.444 e.